The summed E-state index contributed by atoms with van der Waals surface area (Å²) in [5, 5.41) is 0. The van der Waals surface area contributed by atoms with Crippen LogP contribution in [-0.2, 0) is 28.6 Å². The van der Waals surface area contributed by atoms with E-state index in [1.54, 1.807) is 0 Å². The molecule has 1 rings (SSSR count). The summed E-state index contributed by atoms with van der Waals surface area (Å²) < 4.78 is 17.8. The highest BCUT2D eigenvalue weighted by atomic mass is 127. The summed E-state index contributed by atoms with van der Waals surface area (Å²) in [5.41, 5.74) is 0. The first kappa shape index (κ1) is 28.7. The molecule has 0 aromatic rings. The lowest BCUT2D eigenvalue weighted by Crippen LogP contribution is -2.25. The van der Waals surface area contributed by atoms with Gasteiger partial charge in [-0.3, -0.25) is 14.4 Å². The molecule has 0 aliphatic heterocycles. The van der Waals surface area contributed by atoms with Gasteiger partial charge in [-0.25, -0.2) is 0 Å². The van der Waals surface area contributed by atoms with E-state index in [2.05, 4.69) is 41.7 Å². The molecular weight excluding hydrogens is 523 g/mol. The number of allylic oxidation sites excluding steroid dienone is 2. The second kappa shape index (κ2) is 16.3. The second-order valence-electron chi connectivity index (χ2n) is 8.34. The molecule has 32 heavy (non-hydrogen) atoms. The normalized spacial score (nSPS) is 24.0. The van der Waals surface area contributed by atoms with E-state index in [1.165, 1.54) is 20.8 Å². The quantitative estimate of drug-likeness (QED) is 0.0674. The molecular formula is C25H39IO6. The zero-order valence-electron chi connectivity index (χ0n) is 19.9. The van der Waals surface area contributed by atoms with Gasteiger partial charge in [-0.1, -0.05) is 60.6 Å². The average molecular weight is 562 g/mol. The predicted molar refractivity (Wildman–Crippen MR) is 133 cm³/mol. The fraction of sp³-hybridized carbons (Fsp3) is 0.720. The largest absolute Gasteiger partial charge is 0.462 e. The molecule has 5 atom stereocenters. The maximum Gasteiger partial charge on any atom is 0.303 e. The molecule has 1 fully saturated rings. The number of hydrogen-bond acceptors (Lipinski definition) is 6. The van der Waals surface area contributed by atoms with Crippen LogP contribution in [0.4, 0.5) is 0 Å². The van der Waals surface area contributed by atoms with Crippen molar-refractivity contribution in [1.82, 2.24) is 0 Å². The summed E-state index contributed by atoms with van der Waals surface area (Å²) >= 11 is 2.36. The van der Waals surface area contributed by atoms with Crippen LogP contribution in [-0.4, -0.2) is 40.6 Å². The van der Waals surface area contributed by atoms with Crippen LogP contribution in [0.1, 0.15) is 79.1 Å². The van der Waals surface area contributed by atoms with Crippen LogP contribution >= 0.6 is 22.6 Å². The fourth-order valence-electron chi connectivity index (χ4n) is 4.17. The Morgan fingerprint density at radius 3 is 2.25 bits per heavy atom. The smallest absolute Gasteiger partial charge is 0.303 e. The summed E-state index contributed by atoms with van der Waals surface area (Å²) in [5.74, 6) is -1.14. The Morgan fingerprint density at radius 1 is 0.969 bits per heavy atom. The Balaban J connectivity index is 3.08. The highest BCUT2D eigenvalue weighted by Gasteiger charge is 2.45. The lowest BCUT2D eigenvalue weighted by atomic mass is 9.89. The van der Waals surface area contributed by atoms with Crippen molar-refractivity contribution < 1.29 is 28.6 Å². The molecule has 1 aliphatic carbocycles. The standard InChI is InChI=1S/C25H39IO6/c1-5-6-9-12-21(30-18(2)27)14-15-23-22(13-10-7-8-11-16-26)24(31-19(3)28)17-25(23)32-20(4)29/h7,10,14-15,21-25H,5-6,8-9,11-13,16-17H2,1-4H3/b10-7-,15-14+/t21-,22+,23+,24-,25+/m0/s1. The van der Waals surface area contributed by atoms with Crippen molar-refractivity contribution in [1.29, 1.82) is 0 Å². The number of halogens is 1. The summed E-state index contributed by atoms with van der Waals surface area (Å²) in [6.45, 7) is 6.34. The molecule has 7 heteroatoms. The summed E-state index contributed by atoms with van der Waals surface area (Å²) in [7, 11) is 0. The first-order valence-electron chi connectivity index (χ1n) is 11.7. The molecule has 0 aromatic heterocycles. The number of ether oxygens (including phenoxy) is 3. The van der Waals surface area contributed by atoms with Gasteiger partial charge in [-0.05, 0) is 42.6 Å². The van der Waals surface area contributed by atoms with Crippen LogP contribution in [0.25, 0.3) is 0 Å². The molecule has 0 radical (unpaired) electrons. The average Bonchev–Trinajstić information content (AvgIpc) is 3.00. The van der Waals surface area contributed by atoms with Gasteiger partial charge in [-0.2, -0.15) is 0 Å². The molecule has 1 aliphatic rings. The molecule has 0 unspecified atom stereocenters. The predicted octanol–water partition coefficient (Wildman–Crippen LogP) is 5.72. The maximum atomic E-state index is 11.7. The van der Waals surface area contributed by atoms with Crippen molar-refractivity contribution in [3.05, 3.63) is 24.3 Å². The Morgan fingerprint density at radius 2 is 1.66 bits per heavy atom. The lowest BCUT2D eigenvalue weighted by molar-refractivity contribution is -0.149. The van der Waals surface area contributed by atoms with E-state index in [9.17, 15) is 14.4 Å². The van der Waals surface area contributed by atoms with E-state index in [-0.39, 0.29) is 48.1 Å². The Bertz CT molecular complexity index is 644. The maximum absolute atomic E-state index is 11.7. The minimum atomic E-state index is -0.380. The van der Waals surface area contributed by atoms with Crippen LogP contribution in [0.5, 0.6) is 0 Å². The molecule has 182 valence electrons. The molecule has 0 bridgehead atoms. The van der Waals surface area contributed by atoms with Crippen LogP contribution in [0, 0.1) is 11.8 Å². The minimum Gasteiger partial charge on any atom is -0.462 e. The number of unbranched alkanes of at least 4 members (excludes halogenated alkanes) is 3. The van der Waals surface area contributed by atoms with E-state index in [4.69, 9.17) is 14.2 Å². The molecule has 0 spiro atoms. The fourth-order valence-corrected chi connectivity index (χ4v) is 4.61. The van der Waals surface area contributed by atoms with Crippen LogP contribution in [0.2, 0.25) is 0 Å². The third-order valence-electron chi connectivity index (χ3n) is 5.54. The van der Waals surface area contributed by atoms with Crippen LogP contribution in [0.3, 0.4) is 0 Å². The third kappa shape index (κ3) is 11.5. The Kier molecular flexibility index (Phi) is 14.6. The number of alkyl halides is 1. The summed E-state index contributed by atoms with van der Waals surface area (Å²) in [6.07, 6.45) is 14.4. The number of carbonyl (C=O) groups excluding carboxylic acids is 3. The number of rotatable bonds is 14. The monoisotopic (exact) mass is 562 g/mol. The van der Waals surface area contributed by atoms with Gasteiger partial charge in [0.15, 0.2) is 0 Å². The van der Waals surface area contributed by atoms with Crippen molar-refractivity contribution in [2.24, 2.45) is 11.8 Å². The first-order chi connectivity index (χ1) is 15.3. The second-order valence-corrected chi connectivity index (χ2v) is 9.42. The van der Waals surface area contributed by atoms with Crippen molar-refractivity contribution in [3.8, 4) is 0 Å². The molecule has 0 N–H and O–H groups in total. The molecule has 0 amide bonds. The highest BCUT2D eigenvalue weighted by molar-refractivity contribution is 14.1. The van der Waals surface area contributed by atoms with E-state index in [0.717, 1.165) is 49.4 Å². The zero-order valence-corrected chi connectivity index (χ0v) is 22.0. The van der Waals surface area contributed by atoms with Gasteiger partial charge in [-0.15, -0.1) is 0 Å². The van der Waals surface area contributed by atoms with E-state index in [0.29, 0.717) is 6.42 Å². The number of carbonyl (C=O) groups is 3. The van der Waals surface area contributed by atoms with Gasteiger partial charge >= 0.3 is 17.9 Å². The van der Waals surface area contributed by atoms with Crippen LogP contribution in [0.15, 0.2) is 24.3 Å². The van der Waals surface area contributed by atoms with Gasteiger partial charge in [0.2, 0.25) is 0 Å². The van der Waals surface area contributed by atoms with E-state index < -0.39 is 0 Å². The lowest BCUT2D eigenvalue weighted by Gasteiger charge is -2.23. The van der Waals surface area contributed by atoms with Gasteiger partial charge in [0.05, 0.1) is 0 Å². The van der Waals surface area contributed by atoms with Crippen molar-refractivity contribution >= 4 is 40.5 Å². The Labute approximate surface area is 206 Å². The highest BCUT2D eigenvalue weighted by Crippen LogP contribution is 2.40. The molecule has 0 aromatic carbocycles. The van der Waals surface area contributed by atoms with Crippen molar-refractivity contribution in [2.75, 3.05) is 4.43 Å². The molecule has 0 heterocycles. The van der Waals surface area contributed by atoms with E-state index >= 15 is 0 Å². The topological polar surface area (TPSA) is 78.9 Å². The number of hydrogen-bond donors (Lipinski definition) is 0. The summed E-state index contributed by atoms with van der Waals surface area (Å²) in [6, 6.07) is 0. The van der Waals surface area contributed by atoms with Crippen molar-refractivity contribution in [3.63, 3.8) is 0 Å². The third-order valence-corrected chi connectivity index (χ3v) is 6.30. The number of esters is 3. The molecule has 6 nitrogen and oxygen atoms in total. The zero-order chi connectivity index (χ0) is 23.9. The Hall–Kier alpha value is -1.38. The minimum absolute atomic E-state index is 0.0102. The van der Waals surface area contributed by atoms with Crippen molar-refractivity contribution in [2.45, 2.75) is 97.4 Å². The first-order valence-corrected chi connectivity index (χ1v) is 13.2. The molecule has 1 saturated carbocycles. The van der Waals surface area contributed by atoms with Gasteiger partial charge in [0, 0.05) is 39.0 Å². The molecule has 0 saturated heterocycles. The van der Waals surface area contributed by atoms with Gasteiger partial charge in [0.25, 0.3) is 0 Å². The summed E-state index contributed by atoms with van der Waals surface area (Å²) in [4.78, 5) is 35.0. The van der Waals surface area contributed by atoms with Gasteiger partial charge < -0.3 is 14.2 Å². The van der Waals surface area contributed by atoms with Crippen LogP contribution < -0.4 is 0 Å². The van der Waals surface area contributed by atoms with Gasteiger partial charge in [0.1, 0.15) is 18.3 Å². The van der Waals surface area contributed by atoms with E-state index in [1.807, 2.05) is 12.2 Å². The SMILES string of the molecule is CCCCC[C@@H](/C=C/[C@@H]1[C@@H](C/C=C\CCCI)[C@@H](OC(C)=O)C[C@H]1OC(C)=O)OC(C)=O.